The standard InChI is InChI=1S/C34H58N2O9/c1-9-28(38)26(5)43-25(4)22-33(6,41)15-10-11-23(2)31-24(3)12-13-29(44-32(40)36-19-17-35-18-20-36)34(7,42-8)16-14-27(37)21-30(39)45-31/h10-13,15,24-29,31,35,37-38,41H,9,14,16-22H2,1-8H3/b13-12+,15-10+,23-11+/t24-,25-,26?,27+,28-,29-,31+,33?,34+/m0/s1. The van der Waals surface area contributed by atoms with Gasteiger partial charge in [0, 0.05) is 45.6 Å². The zero-order chi connectivity index (χ0) is 33.8. The Morgan fingerprint density at radius 1 is 1.29 bits per heavy atom. The predicted octanol–water partition coefficient (Wildman–Crippen LogP) is 3.66. The molecule has 0 aliphatic carbocycles. The molecule has 0 saturated carbocycles. The number of allylic oxidation sites excluding steroid dienone is 2. The van der Waals surface area contributed by atoms with Crippen molar-refractivity contribution in [2.24, 2.45) is 5.92 Å². The number of rotatable bonds is 11. The number of ether oxygens (including phenoxy) is 4. The Bertz CT molecular complexity index is 1020. The minimum atomic E-state index is -1.18. The first-order chi connectivity index (χ1) is 21.1. The molecule has 11 heteroatoms. The quantitative estimate of drug-likeness (QED) is 0.150. The van der Waals surface area contributed by atoms with Gasteiger partial charge in [-0.15, -0.1) is 0 Å². The van der Waals surface area contributed by atoms with Crippen LogP contribution in [0.1, 0.15) is 80.6 Å². The average Bonchev–Trinajstić information content (AvgIpc) is 2.99. The molecule has 1 fully saturated rings. The van der Waals surface area contributed by atoms with Crippen molar-refractivity contribution in [2.45, 2.75) is 128 Å². The molecule has 9 atom stereocenters. The van der Waals surface area contributed by atoms with E-state index in [1.165, 1.54) is 0 Å². The summed E-state index contributed by atoms with van der Waals surface area (Å²) in [5.41, 5.74) is -1.39. The number of nitrogens with zero attached hydrogens (tertiary/aromatic N) is 1. The molecule has 0 radical (unpaired) electrons. The number of aliphatic hydroxyl groups excluding tert-OH is 2. The van der Waals surface area contributed by atoms with Crippen LogP contribution in [0.25, 0.3) is 0 Å². The number of hydrogen-bond donors (Lipinski definition) is 4. The van der Waals surface area contributed by atoms with Crippen molar-refractivity contribution in [3.8, 4) is 0 Å². The largest absolute Gasteiger partial charge is 0.457 e. The van der Waals surface area contributed by atoms with Crippen LogP contribution in [-0.2, 0) is 23.7 Å². The highest BCUT2D eigenvalue weighted by Gasteiger charge is 2.38. The molecule has 0 aromatic heterocycles. The third kappa shape index (κ3) is 12.8. The summed E-state index contributed by atoms with van der Waals surface area (Å²) < 4.78 is 23.6. The molecule has 2 unspecified atom stereocenters. The van der Waals surface area contributed by atoms with Crippen molar-refractivity contribution in [3.63, 3.8) is 0 Å². The summed E-state index contributed by atoms with van der Waals surface area (Å²) in [5.74, 6) is -0.843. The Labute approximate surface area is 269 Å². The van der Waals surface area contributed by atoms with Gasteiger partial charge in [-0.3, -0.25) is 4.79 Å². The van der Waals surface area contributed by atoms with Crippen molar-refractivity contribution in [1.82, 2.24) is 10.2 Å². The summed E-state index contributed by atoms with van der Waals surface area (Å²) in [6.07, 6.45) is 6.13. The fourth-order valence-corrected chi connectivity index (χ4v) is 5.68. The molecule has 2 aliphatic rings. The van der Waals surface area contributed by atoms with Crippen LogP contribution in [-0.4, -0.2) is 113 Å². The first-order valence-electron chi connectivity index (χ1n) is 16.3. The van der Waals surface area contributed by atoms with Gasteiger partial charge in [0.15, 0.2) is 6.10 Å². The average molecular weight is 639 g/mol. The van der Waals surface area contributed by atoms with Crippen molar-refractivity contribution < 1.29 is 43.9 Å². The van der Waals surface area contributed by atoms with Gasteiger partial charge in [-0.1, -0.05) is 38.2 Å². The van der Waals surface area contributed by atoms with Crippen LogP contribution < -0.4 is 5.32 Å². The van der Waals surface area contributed by atoms with Crippen LogP contribution in [0.5, 0.6) is 0 Å². The smallest absolute Gasteiger partial charge is 0.410 e. The molecule has 0 aromatic carbocycles. The first kappa shape index (κ1) is 38.9. The van der Waals surface area contributed by atoms with E-state index in [2.05, 4.69) is 5.32 Å². The topological polar surface area (TPSA) is 147 Å². The van der Waals surface area contributed by atoms with Gasteiger partial charge in [0.05, 0.1) is 36.4 Å². The van der Waals surface area contributed by atoms with Crippen molar-refractivity contribution in [2.75, 3.05) is 33.3 Å². The molecule has 2 aliphatic heterocycles. The number of carbonyl (C=O) groups is 2. The molecule has 0 spiro atoms. The van der Waals surface area contributed by atoms with Crippen LogP contribution in [0.15, 0.2) is 36.0 Å². The molecule has 1 saturated heterocycles. The fraction of sp³-hybridized carbons (Fsp3) is 0.765. The van der Waals surface area contributed by atoms with Gasteiger partial charge in [0.25, 0.3) is 0 Å². The van der Waals surface area contributed by atoms with E-state index in [0.29, 0.717) is 45.4 Å². The molecule has 11 nitrogen and oxygen atoms in total. The van der Waals surface area contributed by atoms with E-state index in [1.54, 1.807) is 43.2 Å². The van der Waals surface area contributed by atoms with Crippen LogP contribution in [0.3, 0.4) is 0 Å². The second-order valence-corrected chi connectivity index (χ2v) is 13.1. The van der Waals surface area contributed by atoms with Crippen LogP contribution in [0.2, 0.25) is 0 Å². The Morgan fingerprint density at radius 2 is 1.96 bits per heavy atom. The molecule has 0 bridgehead atoms. The van der Waals surface area contributed by atoms with Gasteiger partial charge in [-0.25, -0.2) is 4.79 Å². The normalized spacial score (nSPS) is 31.6. The second kappa shape index (κ2) is 18.2. The SMILES string of the molecule is CC[C@H](O)C(C)O[C@@H](C)CC(C)(O)/C=C/C=C(\C)[C@H]1OC(=O)C[C@H](O)CC[C@@](C)(OC)[C@@H](OC(=O)N2CCNCC2)/C=C/[C@@H]1C. The van der Waals surface area contributed by atoms with Gasteiger partial charge in [0.1, 0.15) is 11.7 Å². The van der Waals surface area contributed by atoms with E-state index < -0.39 is 47.7 Å². The van der Waals surface area contributed by atoms with E-state index in [4.69, 9.17) is 18.9 Å². The molecular weight excluding hydrogens is 580 g/mol. The number of methoxy groups -OCH3 is 1. The highest BCUT2D eigenvalue weighted by molar-refractivity contribution is 5.70. The third-order valence-corrected chi connectivity index (χ3v) is 8.74. The van der Waals surface area contributed by atoms with Gasteiger partial charge in [0.2, 0.25) is 0 Å². The lowest BCUT2D eigenvalue weighted by molar-refractivity contribution is -0.151. The maximum absolute atomic E-state index is 13.1. The Kier molecular flexibility index (Phi) is 15.7. The van der Waals surface area contributed by atoms with Gasteiger partial charge >= 0.3 is 12.1 Å². The Balaban J connectivity index is 2.27. The number of piperazine rings is 1. The molecule has 45 heavy (non-hydrogen) atoms. The number of esters is 1. The zero-order valence-corrected chi connectivity index (χ0v) is 28.5. The highest BCUT2D eigenvalue weighted by atomic mass is 16.6. The van der Waals surface area contributed by atoms with Gasteiger partial charge in [-0.2, -0.15) is 0 Å². The molecule has 0 aromatic rings. The lowest BCUT2D eigenvalue weighted by Crippen LogP contribution is -2.50. The number of hydrogen-bond acceptors (Lipinski definition) is 10. The maximum atomic E-state index is 13.1. The minimum Gasteiger partial charge on any atom is -0.457 e. The number of amides is 1. The van der Waals surface area contributed by atoms with Crippen molar-refractivity contribution >= 4 is 12.1 Å². The van der Waals surface area contributed by atoms with E-state index in [9.17, 15) is 24.9 Å². The van der Waals surface area contributed by atoms with Gasteiger partial charge < -0.3 is 44.5 Å². The Hall–Kier alpha value is -2.28. The second-order valence-electron chi connectivity index (χ2n) is 13.1. The first-order valence-corrected chi connectivity index (χ1v) is 16.3. The zero-order valence-electron chi connectivity index (χ0n) is 28.5. The number of nitrogens with one attached hydrogen (secondary N) is 1. The summed E-state index contributed by atoms with van der Waals surface area (Å²) in [6.45, 7) is 15.3. The van der Waals surface area contributed by atoms with Crippen molar-refractivity contribution in [1.29, 1.82) is 0 Å². The highest BCUT2D eigenvalue weighted by Crippen LogP contribution is 2.30. The number of cyclic esters (lactones) is 1. The summed E-state index contributed by atoms with van der Waals surface area (Å²) >= 11 is 0. The molecule has 258 valence electrons. The summed E-state index contributed by atoms with van der Waals surface area (Å²) in [6, 6.07) is 0. The predicted molar refractivity (Wildman–Crippen MR) is 173 cm³/mol. The van der Waals surface area contributed by atoms with Crippen LogP contribution >= 0.6 is 0 Å². The summed E-state index contributed by atoms with van der Waals surface area (Å²) in [4.78, 5) is 27.6. The van der Waals surface area contributed by atoms with E-state index in [1.807, 2.05) is 47.6 Å². The molecule has 2 heterocycles. The molecule has 4 N–H and O–H groups in total. The van der Waals surface area contributed by atoms with Crippen LogP contribution in [0, 0.1) is 5.92 Å². The third-order valence-electron chi connectivity index (χ3n) is 8.74. The minimum absolute atomic E-state index is 0.182. The molecule has 1 amide bonds. The van der Waals surface area contributed by atoms with E-state index in [0.717, 1.165) is 5.57 Å². The maximum Gasteiger partial charge on any atom is 0.410 e. The lowest BCUT2D eigenvalue weighted by atomic mass is 9.88. The fourth-order valence-electron chi connectivity index (χ4n) is 5.68. The lowest BCUT2D eigenvalue weighted by Gasteiger charge is -2.37. The van der Waals surface area contributed by atoms with E-state index in [-0.39, 0.29) is 31.0 Å². The number of carbonyl (C=O) groups excluding carboxylic acids is 2. The molecular formula is C34H58N2O9. The monoisotopic (exact) mass is 638 g/mol. The summed E-state index contributed by atoms with van der Waals surface area (Å²) in [5, 5.41) is 34.9. The van der Waals surface area contributed by atoms with E-state index >= 15 is 0 Å². The van der Waals surface area contributed by atoms with Crippen molar-refractivity contribution in [3.05, 3.63) is 36.0 Å². The summed E-state index contributed by atoms with van der Waals surface area (Å²) in [7, 11) is 1.55. The molecule has 2 rings (SSSR count). The van der Waals surface area contributed by atoms with Crippen LogP contribution in [0.4, 0.5) is 4.79 Å². The van der Waals surface area contributed by atoms with Gasteiger partial charge in [-0.05, 0) is 65.5 Å². The Morgan fingerprint density at radius 3 is 2.58 bits per heavy atom. The number of aliphatic hydroxyl groups is 3.